The molecule has 0 spiro atoms. The number of aliphatic hydroxyl groups excluding tert-OH is 1. The van der Waals surface area contributed by atoms with Crippen LogP contribution in [0.1, 0.15) is 89.7 Å². The number of nitriles is 1. The molecule has 158 valence electrons. The van der Waals surface area contributed by atoms with Gasteiger partial charge in [0.2, 0.25) is 0 Å². The van der Waals surface area contributed by atoms with Gasteiger partial charge in [-0.25, -0.2) is 4.98 Å². The fraction of sp³-hybridized carbons (Fsp3) is 0.739. The van der Waals surface area contributed by atoms with Crippen LogP contribution in [0.25, 0.3) is 0 Å². The SMILES string of the molecule is CCCCCCCCCCCCCCOCC(CO)Oc1ccc(C#N)nc1. The van der Waals surface area contributed by atoms with E-state index in [2.05, 4.69) is 11.9 Å². The van der Waals surface area contributed by atoms with Gasteiger partial charge in [0.25, 0.3) is 0 Å². The van der Waals surface area contributed by atoms with E-state index in [0.29, 0.717) is 24.7 Å². The van der Waals surface area contributed by atoms with E-state index in [4.69, 9.17) is 14.7 Å². The minimum absolute atomic E-state index is 0.113. The van der Waals surface area contributed by atoms with Crippen LogP contribution in [-0.4, -0.2) is 36.0 Å². The Hall–Kier alpha value is -1.64. The lowest BCUT2D eigenvalue weighted by Gasteiger charge is -2.16. The lowest BCUT2D eigenvalue weighted by Crippen LogP contribution is -2.27. The molecular weight excluding hydrogens is 352 g/mol. The summed E-state index contributed by atoms with van der Waals surface area (Å²) in [7, 11) is 0. The Kier molecular flexibility index (Phi) is 15.2. The number of rotatable bonds is 18. The summed E-state index contributed by atoms with van der Waals surface area (Å²) < 4.78 is 11.3. The number of hydrogen-bond donors (Lipinski definition) is 1. The van der Waals surface area contributed by atoms with Gasteiger partial charge in [-0.3, -0.25) is 0 Å². The highest BCUT2D eigenvalue weighted by Gasteiger charge is 2.10. The summed E-state index contributed by atoms with van der Waals surface area (Å²) >= 11 is 0. The molecule has 1 aromatic heterocycles. The Morgan fingerprint density at radius 2 is 1.57 bits per heavy atom. The molecule has 28 heavy (non-hydrogen) atoms. The van der Waals surface area contributed by atoms with Gasteiger partial charge in [-0.05, 0) is 18.6 Å². The second-order valence-corrected chi connectivity index (χ2v) is 7.38. The fourth-order valence-electron chi connectivity index (χ4n) is 3.09. The summed E-state index contributed by atoms with van der Waals surface area (Å²) in [6.45, 7) is 3.20. The fourth-order valence-corrected chi connectivity index (χ4v) is 3.09. The van der Waals surface area contributed by atoms with Gasteiger partial charge in [0.15, 0.2) is 0 Å². The van der Waals surface area contributed by atoms with E-state index in [1.165, 1.54) is 76.8 Å². The Morgan fingerprint density at radius 3 is 2.07 bits per heavy atom. The molecule has 0 aliphatic rings. The molecule has 5 heteroatoms. The molecule has 1 rings (SSSR count). The van der Waals surface area contributed by atoms with E-state index in [0.717, 1.165) is 6.42 Å². The molecule has 0 aliphatic heterocycles. The lowest BCUT2D eigenvalue weighted by atomic mass is 10.1. The van der Waals surface area contributed by atoms with Gasteiger partial charge in [0, 0.05) is 6.61 Å². The van der Waals surface area contributed by atoms with Gasteiger partial charge in [0.05, 0.1) is 19.4 Å². The Bertz CT molecular complexity index is 514. The zero-order chi connectivity index (χ0) is 20.3. The van der Waals surface area contributed by atoms with Crippen molar-refractivity contribution in [3.8, 4) is 11.8 Å². The van der Waals surface area contributed by atoms with Crippen LogP contribution in [0, 0.1) is 11.3 Å². The molecule has 0 aliphatic carbocycles. The topological polar surface area (TPSA) is 75.4 Å². The maximum absolute atomic E-state index is 9.41. The molecule has 1 atom stereocenters. The smallest absolute Gasteiger partial charge is 0.145 e. The van der Waals surface area contributed by atoms with Crippen LogP contribution < -0.4 is 4.74 Å². The van der Waals surface area contributed by atoms with Crippen molar-refractivity contribution in [1.29, 1.82) is 5.26 Å². The third kappa shape index (κ3) is 12.7. The summed E-state index contributed by atoms with van der Waals surface area (Å²) in [5.74, 6) is 0.534. The van der Waals surface area contributed by atoms with Gasteiger partial charge in [-0.1, -0.05) is 77.6 Å². The number of ether oxygens (including phenoxy) is 2. The van der Waals surface area contributed by atoms with Gasteiger partial charge in [-0.15, -0.1) is 0 Å². The third-order valence-corrected chi connectivity index (χ3v) is 4.80. The second kappa shape index (κ2) is 17.5. The summed E-state index contributed by atoms with van der Waals surface area (Å²) in [5.41, 5.74) is 0.344. The van der Waals surface area contributed by atoms with Crippen LogP contribution in [0.15, 0.2) is 18.3 Å². The maximum Gasteiger partial charge on any atom is 0.145 e. The van der Waals surface area contributed by atoms with Crippen LogP contribution in [-0.2, 0) is 4.74 Å². The van der Waals surface area contributed by atoms with Gasteiger partial charge in [0.1, 0.15) is 23.6 Å². The summed E-state index contributed by atoms with van der Waals surface area (Å²) in [5, 5.41) is 18.2. The lowest BCUT2D eigenvalue weighted by molar-refractivity contribution is 0.0187. The van der Waals surface area contributed by atoms with Crippen LogP contribution >= 0.6 is 0 Å². The van der Waals surface area contributed by atoms with E-state index in [1.54, 1.807) is 12.1 Å². The molecule has 0 aromatic carbocycles. The first kappa shape index (κ1) is 24.4. The normalized spacial score (nSPS) is 11.9. The molecular formula is C23H38N2O3. The van der Waals surface area contributed by atoms with Gasteiger partial charge in [-0.2, -0.15) is 5.26 Å². The van der Waals surface area contributed by atoms with Gasteiger partial charge >= 0.3 is 0 Å². The molecule has 1 N–H and O–H groups in total. The van der Waals surface area contributed by atoms with E-state index < -0.39 is 6.10 Å². The average Bonchev–Trinajstić information content (AvgIpc) is 2.73. The Labute approximate surface area is 171 Å². The second-order valence-electron chi connectivity index (χ2n) is 7.38. The minimum atomic E-state index is -0.410. The number of hydrogen-bond acceptors (Lipinski definition) is 5. The predicted molar refractivity (Wildman–Crippen MR) is 112 cm³/mol. The number of nitrogens with zero attached hydrogens (tertiary/aromatic N) is 2. The van der Waals surface area contributed by atoms with Crippen molar-refractivity contribution < 1.29 is 14.6 Å². The van der Waals surface area contributed by atoms with Crippen molar-refractivity contribution >= 4 is 0 Å². The highest BCUT2D eigenvalue weighted by molar-refractivity contribution is 5.26. The van der Waals surface area contributed by atoms with Crippen molar-refractivity contribution in [2.24, 2.45) is 0 Å². The number of aromatic nitrogens is 1. The van der Waals surface area contributed by atoms with E-state index >= 15 is 0 Å². The standard InChI is InChI=1S/C23H38N2O3/c1-2-3-4-5-6-7-8-9-10-11-12-13-16-27-20-23(19-26)28-22-15-14-21(17-24)25-18-22/h14-15,18,23,26H,2-13,16,19-20H2,1H3. The van der Waals surface area contributed by atoms with Crippen molar-refractivity contribution in [2.75, 3.05) is 19.8 Å². The summed E-state index contributed by atoms with van der Waals surface area (Å²) in [6.07, 6.45) is 17.0. The number of aliphatic hydroxyl groups is 1. The molecule has 0 bridgehead atoms. The molecule has 0 radical (unpaired) electrons. The first-order valence-corrected chi connectivity index (χ1v) is 11.0. The summed E-state index contributed by atoms with van der Waals surface area (Å²) in [6, 6.07) is 5.24. The highest BCUT2D eigenvalue weighted by Crippen LogP contribution is 2.13. The molecule has 0 saturated carbocycles. The Balaban J connectivity index is 1.93. The van der Waals surface area contributed by atoms with Crippen LogP contribution in [0.4, 0.5) is 0 Å². The minimum Gasteiger partial charge on any atom is -0.484 e. The maximum atomic E-state index is 9.41. The van der Waals surface area contributed by atoms with Crippen molar-refractivity contribution in [1.82, 2.24) is 4.98 Å². The van der Waals surface area contributed by atoms with E-state index in [1.807, 2.05) is 6.07 Å². The van der Waals surface area contributed by atoms with Crippen LogP contribution in [0.3, 0.4) is 0 Å². The zero-order valence-corrected chi connectivity index (χ0v) is 17.6. The first-order chi connectivity index (χ1) is 13.8. The zero-order valence-electron chi connectivity index (χ0n) is 17.6. The molecule has 0 fully saturated rings. The van der Waals surface area contributed by atoms with Crippen LogP contribution in [0.2, 0.25) is 0 Å². The molecule has 0 amide bonds. The predicted octanol–water partition coefficient (Wildman–Crippen LogP) is 5.41. The van der Waals surface area contributed by atoms with E-state index in [9.17, 15) is 5.11 Å². The van der Waals surface area contributed by atoms with Crippen molar-refractivity contribution in [3.05, 3.63) is 24.0 Å². The molecule has 1 unspecified atom stereocenters. The molecule has 1 heterocycles. The third-order valence-electron chi connectivity index (χ3n) is 4.80. The highest BCUT2D eigenvalue weighted by atomic mass is 16.5. The number of pyridine rings is 1. The monoisotopic (exact) mass is 390 g/mol. The summed E-state index contributed by atoms with van der Waals surface area (Å²) in [4.78, 5) is 3.95. The van der Waals surface area contributed by atoms with Crippen molar-refractivity contribution in [2.45, 2.75) is 90.1 Å². The Morgan fingerprint density at radius 1 is 0.964 bits per heavy atom. The quantitative estimate of drug-likeness (QED) is 0.339. The number of unbranched alkanes of at least 4 members (excludes halogenated alkanes) is 11. The molecule has 5 nitrogen and oxygen atoms in total. The first-order valence-electron chi connectivity index (χ1n) is 11.0. The van der Waals surface area contributed by atoms with E-state index in [-0.39, 0.29) is 6.61 Å². The largest absolute Gasteiger partial charge is 0.484 e. The molecule has 0 saturated heterocycles. The van der Waals surface area contributed by atoms with Gasteiger partial charge < -0.3 is 14.6 Å². The van der Waals surface area contributed by atoms with Crippen LogP contribution in [0.5, 0.6) is 5.75 Å². The molecule has 1 aromatic rings. The average molecular weight is 391 g/mol. The van der Waals surface area contributed by atoms with Crippen molar-refractivity contribution in [3.63, 3.8) is 0 Å².